The molecule has 1 aliphatic heterocycles. The van der Waals surface area contributed by atoms with Crippen LogP contribution < -0.4 is 4.90 Å². The average Bonchev–Trinajstić information content (AvgIpc) is 3.38. The van der Waals surface area contributed by atoms with Crippen LogP contribution in [-0.4, -0.2) is 36.3 Å². The van der Waals surface area contributed by atoms with Gasteiger partial charge in [0.1, 0.15) is 0 Å². The lowest BCUT2D eigenvalue weighted by molar-refractivity contribution is 0.122. The van der Waals surface area contributed by atoms with Crippen molar-refractivity contribution in [1.29, 1.82) is 0 Å². The van der Waals surface area contributed by atoms with E-state index in [1.54, 1.807) is 22.7 Å². The maximum Gasteiger partial charge on any atom is 0.226 e. The molecular weight excluding hydrogens is 362 g/mol. The number of ether oxygens (including phenoxy) is 1. The van der Waals surface area contributed by atoms with Gasteiger partial charge in [0.05, 0.1) is 34.4 Å². The van der Waals surface area contributed by atoms with Gasteiger partial charge in [0.2, 0.25) is 5.95 Å². The van der Waals surface area contributed by atoms with Gasteiger partial charge < -0.3 is 9.64 Å². The molecule has 0 N–H and O–H groups in total. The van der Waals surface area contributed by atoms with Crippen LogP contribution in [0, 0.1) is 0 Å². The first-order chi connectivity index (χ1) is 12.9. The van der Waals surface area contributed by atoms with Crippen molar-refractivity contribution in [1.82, 2.24) is 9.97 Å². The third kappa shape index (κ3) is 3.00. The van der Waals surface area contributed by atoms with E-state index >= 15 is 0 Å². The molecule has 4 aromatic rings. The zero-order valence-electron chi connectivity index (χ0n) is 14.1. The normalized spacial score (nSPS) is 14.8. The third-order valence-electron chi connectivity index (χ3n) is 4.46. The highest BCUT2D eigenvalue weighted by Gasteiger charge is 2.18. The van der Waals surface area contributed by atoms with Crippen molar-refractivity contribution in [3.05, 3.63) is 53.9 Å². The zero-order chi connectivity index (χ0) is 17.3. The van der Waals surface area contributed by atoms with Crippen LogP contribution in [0.4, 0.5) is 5.95 Å². The molecule has 0 bridgehead atoms. The highest BCUT2D eigenvalue weighted by atomic mass is 32.1. The molecule has 0 amide bonds. The van der Waals surface area contributed by atoms with Crippen LogP contribution in [-0.2, 0) is 4.74 Å². The number of fused-ring (bicyclic) bond motifs is 1. The first-order valence-corrected chi connectivity index (χ1v) is 10.3. The average molecular weight is 380 g/mol. The summed E-state index contributed by atoms with van der Waals surface area (Å²) in [6, 6.07) is 17.0. The summed E-state index contributed by atoms with van der Waals surface area (Å²) in [6.45, 7) is 3.12. The second-order valence-corrected chi connectivity index (χ2v) is 8.20. The molecule has 130 valence electrons. The molecule has 0 atom stereocenters. The van der Waals surface area contributed by atoms with Crippen LogP contribution in [0.5, 0.6) is 0 Å². The van der Waals surface area contributed by atoms with Crippen molar-refractivity contribution in [3.63, 3.8) is 0 Å². The summed E-state index contributed by atoms with van der Waals surface area (Å²) in [6.07, 6.45) is 0. The van der Waals surface area contributed by atoms with Gasteiger partial charge in [0, 0.05) is 17.8 Å². The fraction of sp³-hybridized carbons (Fsp3) is 0.200. The van der Waals surface area contributed by atoms with Crippen molar-refractivity contribution in [3.8, 4) is 21.1 Å². The Kier molecular flexibility index (Phi) is 4.16. The summed E-state index contributed by atoms with van der Waals surface area (Å²) >= 11 is 3.49. The minimum absolute atomic E-state index is 0.727. The highest BCUT2D eigenvalue weighted by molar-refractivity contribution is 7.22. The van der Waals surface area contributed by atoms with Crippen LogP contribution >= 0.6 is 22.7 Å². The van der Waals surface area contributed by atoms with Crippen molar-refractivity contribution in [2.75, 3.05) is 31.2 Å². The summed E-state index contributed by atoms with van der Waals surface area (Å²) < 4.78 is 6.77. The Morgan fingerprint density at radius 1 is 0.885 bits per heavy atom. The fourth-order valence-electron chi connectivity index (χ4n) is 3.12. The Labute approximate surface area is 159 Å². The van der Waals surface area contributed by atoms with Gasteiger partial charge >= 0.3 is 0 Å². The van der Waals surface area contributed by atoms with Crippen LogP contribution in [0.2, 0.25) is 0 Å². The number of nitrogens with zero attached hydrogens (tertiary/aromatic N) is 3. The predicted molar refractivity (Wildman–Crippen MR) is 109 cm³/mol. The summed E-state index contributed by atoms with van der Waals surface area (Å²) in [5.74, 6) is 0.798. The molecule has 1 saturated heterocycles. The van der Waals surface area contributed by atoms with Crippen molar-refractivity contribution in [2.24, 2.45) is 0 Å². The van der Waals surface area contributed by atoms with E-state index in [9.17, 15) is 0 Å². The molecule has 1 aliphatic rings. The Morgan fingerprint density at radius 2 is 1.69 bits per heavy atom. The minimum Gasteiger partial charge on any atom is -0.378 e. The molecule has 3 aromatic heterocycles. The SMILES string of the molecule is c1csc(-c2cc(-c3cc4ccccc4s3)nc(N3CCOCC3)n2)c1. The number of morpholine rings is 1. The van der Waals surface area contributed by atoms with Gasteiger partial charge in [-0.05, 0) is 35.0 Å². The number of hydrogen-bond donors (Lipinski definition) is 0. The molecular formula is C20H17N3OS2. The number of rotatable bonds is 3. The number of benzene rings is 1. The fourth-order valence-corrected chi connectivity index (χ4v) is 4.83. The van der Waals surface area contributed by atoms with Crippen LogP contribution in [0.15, 0.2) is 53.9 Å². The van der Waals surface area contributed by atoms with Gasteiger partial charge in [-0.25, -0.2) is 9.97 Å². The lowest BCUT2D eigenvalue weighted by Crippen LogP contribution is -2.37. The third-order valence-corrected chi connectivity index (χ3v) is 6.49. The van der Waals surface area contributed by atoms with E-state index in [0.29, 0.717) is 0 Å². The Bertz CT molecular complexity index is 1000. The number of anilines is 1. The largest absolute Gasteiger partial charge is 0.378 e. The first kappa shape index (κ1) is 15.9. The molecule has 4 heterocycles. The van der Waals surface area contributed by atoms with Gasteiger partial charge in [0.25, 0.3) is 0 Å². The molecule has 0 radical (unpaired) electrons. The molecule has 5 rings (SSSR count). The van der Waals surface area contributed by atoms with Crippen LogP contribution in [0.3, 0.4) is 0 Å². The second kappa shape index (κ2) is 6.79. The minimum atomic E-state index is 0.727. The van der Waals surface area contributed by atoms with E-state index in [2.05, 4.69) is 58.8 Å². The van der Waals surface area contributed by atoms with Gasteiger partial charge in [-0.1, -0.05) is 24.3 Å². The van der Waals surface area contributed by atoms with Gasteiger partial charge in [-0.3, -0.25) is 0 Å². The lowest BCUT2D eigenvalue weighted by atomic mass is 10.2. The van der Waals surface area contributed by atoms with Crippen LogP contribution in [0.1, 0.15) is 0 Å². The van der Waals surface area contributed by atoms with E-state index in [-0.39, 0.29) is 0 Å². The van der Waals surface area contributed by atoms with Gasteiger partial charge in [-0.2, -0.15) is 0 Å². The molecule has 0 saturated carbocycles. The van der Waals surface area contributed by atoms with E-state index in [1.807, 2.05) is 0 Å². The summed E-state index contributed by atoms with van der Waals surface area (Å²) in [5.41, 5.74) is 1.98. The topological polar surface area (TPSA) is 38.2 Å². The number of thiophene rings is 2. The quantitative estimate of drug-likeness (QED) is 0.506. The number of aromatic nitrogens is 2. The molecule has 0 spiro atoms. The predicted octanol–water partition coefficient (Wildman–Crippen LogP) is 4.92. The molecule has 0 aliphatic carbocycles. The van der Waals surface area contributed by atoms with E-state index in [1.165, 1.54) is 19.8 Å². The van der Waals surface area contributed by atoms with E-state index < -0.39 is 0 Å². The molecule has 0 unspecified atom stereocenters. The van der Waals surface area contributed by atoms with Crippen LogP contribution in [0.25, 0.3) is 31.2 Å². The highest BCUT2D eigenvalue weighted by Crippen LogP contribution is 2.35. The Morgan fingerprint density at radius 3 is 2.46 bits per heavy atom. The van der Waals surface area contributed by atoms with Gasteiger partial charge in [0.15, 0.2) is 0 Å². The monoisotopic (exact) mass is 379 g/mol. The van der Waals surface area contributed by atoms with Gasteiger partial charge in [-0.15, -0.1) is 22.7 Å². The maximum absolute atomic E-state index is 5.49. The van der Waals surface area contributed by atoms with Crippen molar-refractivity contribution in [2.45, 2.75) is 0 Å². The standard InChI is InChI=1S/C20H17N3OS2/c1-2-5-17-14(4-1)12-19(26-17)16-13-15(18-6-3-11-25-18)21-20(22-16)23-7-9-24-10-8-23/h1-6,11-13H,7-10H2. The molecule has 4 nitrogen and oxygen atoms in total. The summed E-state index contributed by atoms with van der Waals surface area (Å²) in [7, 11) is 0. The zero-order valence-corrected chi connectivity index (χ0v) is 15.7. The summed E-state index contributed by atoms with van der Waals surface area (Å²) in [5, 5.41) is 3.35. The number of hydrogen-bond acceptors (Lipinski definition) is 6. The Hall–Kier alpha value is -2.28. The van der Waals surface area contributed by atoms with Crippen molar-refractivity contribution < 1.29 is 4.74 Å². The molecule has 6 heteroatoms. The van der Waals surface area contributed by atoms with E-state index in [4.69, 9.17) is 14.7 Å². The Balaban J connectivity index is 1.64. The molecule has 1 aromatic carbocycles. The lowest BCUT2D eigenvalue weighted by Gasteiger charge is -2.27. The maximum atomic E-state index is 5.49. The molecule has 1 fully saturated rings. The summed E-state index contributed by atoms with van der Waals surface area (Å²) in [4.78, 5) is 14.3. The second-order valence-electron chi connectivity index (χ2n) is 6.16. The smallest absolute Gasteiger partial charge is 0.226 e. The first-order valence-electron chi connectivity index (χ1n) is 8.61. The molecule has 26 heavy (non-hydrogen) atoms. The van der Waals surface area contributed by atoms with Crippen molar-refractivity contribution >= 4 is 38.7 Å². The van der Waals surface area contributed by atoms with E-state index in [0.717, 1.165) is 43.6 Å².